The van der Waals surface area contributed by atoms with Gasteiger partial charge in [0.2, 0.25) is 0 Å². The van der Waals surface area contributed by atoms with Gasteiger partial charge >= 0.3 is 12.2 Å². The summed E-state index contributed by atoms with van der Waals surface area (Å²) < 4.78 is 10.5. The molecule has 2 rings (SSSR count). The smallest absolute Gasteiger partial charge is 0.407 e. The molecular formula is C34H44N2O4. The number of benzene rings is 2. The molecule has 214 valence electrons. The molecule has 0 fully saturated rings. The fourth-order valence-corrected chi connectivity index (χ4v) is 3.97. The highest BCUT2D eigenvalue weighted by molar-refractivity contribution is 5.68. The second-order valence-corrected chi connectivity index (χ2v) is 9.76. The van der Waals surface area contributed by atoms with Gasteiger partial charge in [0.15, 0.2) is 0 Å². The van der Waals surface area contributed by atoms with Crippen molar-refractivity contribution in [3.8, 4) is 23.7 Å². The van der Waals surface area contributed by atoms with Gasteiger partial charge in [-0.3, -0.25) is 0 Å². The van der Waals surface area contributed by atoms with Crippen LogP contribution in [0.25, 0.3) is 0 Å². The summed E-state index contributed by atoms with van der Waals surface area (Å²) in [6.07, 6.45) is 8.83. The minimum atomic E-state index is -0.372. The summed E-state index contributed by atoms with van der Waals surface area (Å²) in [5.74, 6) is 12.1. The Labute approximate surface area is 240 Å². The molecule has 0 aliphatic heterocycles. The van der Waals surface area contributed by atoms with E-state index in [9.17, 15) is 9.59 Å². The van der Waals surface area contributed by atoms with Gasteiger partial charge in [0.25, 0.3) is 0 Å². The van der Waals surface area contributed by atoms with Crippen molar-refractivity contribution in [3.63, 3.8) is 0 Å². The van der Waals surface area contributed by atoms with Crippen molar-refractivity contribution < 1.29 is 19.1 Å². The van der Waals surface area contributed by atoms with Crippen LogP contribution in [0.5, 0.6) is 0 Å². The number of unbranched alkanes of at least 4 members (excludes halogenated alkanes) is 8. The van der Waals surface area contributed by atoms with Crippen molar-refractivity contribution in [2.24, 2.45) is 0 Å². The Morgan fingerprint density at radius 3 is 1.38 bits per heavy atom. The number of carbonyl (C=O) groups excluding carboxylic acids is 2. The zero-order chi connectivity index (χ0) is 28.7. The topological polar surface area (TPSA) is 76.7 Å². The fraction of sp³-hybridized carbons (Fsp3) is 0.471. The molecule has 2 N–H and O–H groups in total. The molecule has 6 nitrogen and oxygen atoms in total. The van der Waals surface area contributed by atoms with Crippen LogP contribution in [0.1, 0.15) is 101 Å². The highest BCUT2D eigenvalue weighted by Crippen LogP contribution is 2.12. The molecule has 0 radical (unpaired) electrons. The van der Waals surface area contributed by atoms with E-state index in [0.717, 1.165) is 75.3 Å². The molecule has 0 aromatic heterocycles. The van der Waals surface area contributed by atoms with Crippen molar-refractivity contribution in [2.75, 3.05) is 13.2 Å². The van der Waals surface area contributed by atoms with Gasteiger partial charge in [0, 0.05) is 12.8 Å². The summed E-state index contributed by atoms with van der Waals surface area (Å²) >= 11 is 0. The van der Waals surface area contributed by atoms with E-state index in [4.69, 9.17) is 9.47 Å². The molecule has 2 atom stereocenters. The third-order valence-corrected chi connectivity index (χ3v) is 6.37. The zero-order valence-corrected chi connectivity index (χ0v) is 24.0. The lowest BCUT2D eigenvalue weighted by Gasteiger charge is -2.14. The van der Waals surface area contributed by atoms with E-state index in [1.54, 1.807) is 0 Å². The minimum absolute atomic E-state index is 0.0729. The largest absolute Gasteiger partial charge is 0.450 e. The molecular weight excluding hydrogens is 500 g/mol. The maximum absolute atomic E-state index is 11.9. The minimum Gasteiger partial charge on any atom is -0.450 e. The number of amides is 2. The monoisotopic (exact) mass is 544 g/mol. The quantitative estimate of drug-likeness (QED) is 0.167. The Morgan fingerprint density at radius 2 is 0.975 bits per heavy atom. The molecule has 0 unspecified atom stereocenters. The summed E-state index contributed by atoms with van der Waals surface area (Å²) in [5.41, 5.74) is 2.11. The highest BCUT2D eigenvalue weighted by atomic mass is 16.6. The standard InChI is InChI=1S/C34H44N2O4/c1-29(31-23-17-15-18-24-31)35-33(37)39-27-21-13-11-9-7-5-3-4-6-8-10-12-14-22-28-40-34(38)36-30(2)32-25-19-16-20-26-32/h15-20,23-26,29-30H,7-14,21-22,27-28H2,1-2H3,(H,35,37)(H,36,38)/t29-,30-/m0/s1. The molecule has 40 heavy (non-hydrogen) atoms. The highest BCUT2D eigenvalue weighted by Gasteiger charge is 2.10. The molecule has 2 amide bonds. The van der Waals surface area contributed by atoms with E-state index in [2.05, 4.69) is 34.3 Å². The molecule has 0 saturated heterocycles. The zero-order valence-electron chi connectivity index (χ0n) is 24.0. The van der Waals surface area contributed by atoms with Crippen LogP contribution in [-0.4, -0.2) is 25.4 Å². The van der Waals surface area contributed by atoms with E-state index in [-0.39, 0.29) is 24.3 Å². The number of nitrogens with one attached hydrogen (secondary N) is 2. The molecule has 2 aromatic carbocycles. The second-order valence-electron chi connectivity index (χ2n) is 9.76. The second kappa shape index (κ2) is 21.0. The van der Waals surface area contributed by atoms with Gasteiger partial charge in [-0.15, -0.1) is 0 Å². The lowest BCUT2D eigenvalue weighted by molar-refractivity contribution is 0.139. The maximum atomic E-state index is 11.9. The third-order valence-electron chi connectivity index (χ3n) is 6.37. The van der Waals surface area contributed by atoms with Crippen LogP contribution in [0.2, 0.25) is 0 Å². The summed E-state index contributed by atoms with van der Waals surface area (Å²) in [6, 6.07) is 19.5. The summed E-state index contributed by atoms with van der Waals surface area (Å²) in [5, 5.41) is 5.71. The van der Waals surface area contributed by atoms with Crippen LogP contribution in [0, 0.1) is 23.7 Å². The van der Waals surface area contributed by atoms with E-state index >= 15 is 0 Å². The van der Waals surface area contributed by atoms with Gasteiger partial charge in [-0.1, -0.05) is 98.2 Å². The molecule has 0 aliphatic carbocycles. The van der Waals surface area contributed by atoms with Gasteiger partial charge in [-0.2, -0.15) is 0 Å². The Hall–Kier alpha value is -3.90. The first-order valence-corrected chi connectivity index (χ1v) is 14.5. The molecule has 0 aliphatic rings. The van der Waals surface area contributed by atoms with Gasteiger partial charge in [0.05, 0.1) is 25.3 Å². The van der Waals surface area contributed by atoms with Gasteiger partial charge in [-0.25, -0.2) is 9.59 Å². The van der Waals surface area contributed by atoms with E-state index in [0.29, 0.717) is 13.2 Å². The van der Waals surface area contributed by atoms with Crippen LogP contribution in [0.3, 0.4) is 0 Å². The van der Waals surface area contributed by atoms with Crippen molar-refractivity contribution >= 4 is 12.2 Å². The molecule has 0 saturated carbocycles. The van der Waals surface area contributed by atoms with E-state index in [1.807, 2.05) is 74.5 Å². The van der Waals surface area contributed by atoms with Gasteiger partial charge < -0.3 is 20.1 Å². The first-order chi connectivity index (χ1) is 19.6. The number of carbonyl (C=O) groups is 2. The average Bonchev–Trinajstić information content (AvgIpc) is 2.97. The first-order valence-electron chi connectivity index (χ1n) is 14.5. The Kier molecular flexibility index (Phi) is 17.0. The van der Waals surface area contributed by atoms with Gasteiger partial charge in [-0.05, 0) is 62.5 Å². The molecule has 6 heteroatoms. The number of rotatable bonds is 16. The maximum Gasteiger partial charge on any atom is 0.407 e. The summed E-state index contributed by atoms with van der Waals surface area (Å²) in [6.45, 7) is 4.75. The van der Waals surface area contributed by atoms with Crippen LogP contribution in [-0.2, 0) is 9.47 Å². The van der Waals surface area contributed by atoms with Crippen molar-refractivity contribution in [1.82, 2.24) is 10.6 Å². The van der Waals surface area contributed by atoms with Crippen molar-refractivity contribution in [3.05, 3.63) is 71.8 Å². The predicted octanol–water partition coefficient (Wildman–Crippen LogP) is 7.87. The predicted molar refractivity (Wildman–Crippen MR) is 160 cm³/mol. The van der Waals surface area contributed by atoms with Crippen LogP contribution in [0.4, 0.5) is 9.59 Å². The van der Waals surface area contributed by atoms with Crippen molar-refractivity contribution in [1.29, 1.82) is 0 Å². The Balaban J connectivity index is 1.36. The molecule has 0 spiro atoms. The van der Waals surface area contributed by atoms with Crippen LogP contribution >= 0.6 is 0 Å². The van der Waals surface area contributed by atoms with E-state index in [1.165, 1.54) is 0 Å². The van der Waals surface area contributed by atoms with Crippen LogP contribution in [0.15, 0.2) is 60.7 Å². The van der Waals surface area contributed by atoms with Crippen LogP contribution < -0.4 is 10.6 Å². The average molecular weight is 545 g/mol. The third kappa shape index (κ3) is 15.5. The SMILES string of the molecule is C[C@H](NC(=O)OCCCCCCC#CC#CCCCCCCOC(=O)N[C@@H](C)c1ccccc1)c1ccccc1. The molecule has 2 aromatic rings. The van der Waals surface area contributed by atoms with Crippen molar-refractivity contribution in [2.45, 2.75) is 90.1 Å². The number of ether oxygens (including phenoxy) is 2. The van der Waals surface area contributed by atoms with Gasteiger partial charge in [0.1, 0.15) is 0 Å². The Bertz CT molecular complexity index is 1010. The summed E-state index contributed by atoms with van der Waals surface area (Å²) in [7, 11) is 0. The van der Waals surface area contributed by atoms with E-state index < -0.39 is 0 Å². The molecule has 0 bridgehead atoms. The first kappa shape index (κ1) is 32.3. The Morgan fingerprint density at radius 1 is 0.600 bits per heavy atom. The fourth-order valence-electron chi connectivity index (χ4n) is 3.97. The number of alkyl carbamates (subject to hydrolysis) is 2. The molecule has 0 heterocycles. The number of hydrogen-bond donors (Lipinski definition) is 2. The lowest BCUT2D eigenvalue weighted by Crippen LogP contribution is -2.27. The lowest BCUT2D eigenvalue weighted by atomic mass is 10.1. The number of hydrogen-bond acceptors (Lipinski definition) is 4. The summed E-state index contributed by atoms with van der Waals surface area (Å²) in [4.78, 5) is 23.8. The normalized spacial score (nSPS) is 11.6.